The highest BCUT2D eigenvalue weighted by molar-refractivity contribution is 5.99. The Morgan fingerprint density at radius 1 is 1.37 bits per heavy atom. The van der Waals surface area contributed by atoms with Crippen molar-refractivity contribution in [3.8, 4) is 5.75 Å². The van der Waals surface area contributed by atoms with E-state index in [1.165, 1.54) is 21.7 Å². The molecular weight excluding hydrogens is 402 g/mol. The molecule has 1 aromatic heterocycles. The molecule has 0 aliphatic carbocycles. The molecule has 9 nitrogen and oxygen atoms in total. The van der Waals surface area contributed by atoms with E-state index in [0.29, 0.717) is 12.7 Å². The Hall–Kier alpha value is -3.31. The first-order valence-electron chi connectivity index (χ1n) is 9.12. The average molecular weight is 420 g/mol. The van der Waals surface area contributed by atoms with Crippen LogP contribution in [0.3, 0.4) is 0 Å². The zero-order valence-electron chi connectivity index (χ0n) is 15.9. The van der Waals surface area contributed by atoms with Crippen molar-refractivity contribution in [3.05, 3.63) is 63.1 Å². The molecule has 11 heteroatoms. The number of pyridine rings is 1. The summed E-state index contributed by atoms with van der Waals surface area (Å²) in [5.74, 6) is 1.89. The van der Waals surface area contributed by atoms with Crippen molar-refractivity contribution < 1.29 is 27.9 Å². The Morgan fingerprint density at radius 3 is 2.83 bits per heavy atom. The molecule has 0 radical (unpaired) electrons. The topological polar surface area (TPSA) is 116 Å². The summed E-state index contributed by atoms with van der Waals surface area (Å²) in [6, 6.07) is 2.74. The predicted molar refractivity (Wildman–Crippen MR) is 98.4 cm³/mol. The van der Waals surface area contributed by atoms with E-state index >= 15 is 0 Å². The van der Waals surface area contributed by atoms with Crippen LogP contribution in [0, 0.1) is 11.6 Å². The molecule has 0 spiro atoms. The van der Waals surface area contributed by atoms with Gasteiger partial charge in [0.1, 0.15) is 17.2 Å². The van der Waals surface area contributed by atoms with Gasteiger partial charge in [-0.2, -0.15) is 5.90 Å². The highest BCUT2D eigenvalue weighted by atomic mass is 19.1. The van der Waals surface area contributed by atoms with Crippen molar-refractivity contribution in [2.24, 2.45) is 5.90 Å². The first kappa shape index (κ1) is 20.0. The van der Waals surface area contributed by atoms with Crippen LogP contribution < -0.4 is 21.5 Å². The zero-order valence-corrected chi connectivity index (χ0v) is 15.9. The van der Waals surface area contributed by atoms with E-state index in [1.54, 1.807) is 0 Å². The summed E-state index contributed by atoms with van der Waals surface area (Å²) in [6.07, 6.45) is 0.676. The highest BCUT2D eigenvalue weighted by Gasteiger charge is 2.43. The summed E-state index contributed by atoms with van der Waals surface area (Å²) in [6.45, 7) is 2.05. The lowest BCUT2D eigenvalue weighted by Gasteiger charge is -2.33. The van der Waals surface area contributed by atoms with Crippen LogP contribution in [0.25, 0.3) is 0 Å². The number of halogens is 2. The Morgan fingerprint density at radius 2 is 2.13 bits per heavy atom. The van der Waals surface area contributed by atoms with Gasteiger partial charge in [-0.25, -0.2) is 8.78 Å². The minimum Gasteiger partial charge on any atom is -0.405 e. The van der Waals surface area contributed by atoms with E-state index in [-0.39, 0.29) is 36.0 Å². The van der Waals surface area contributed by atoms with Crippen molar-refractivity contribution in [1.82, 2.24) is 14.8 Å². The Labute approximate surface area is 168 Å². The summed E-state index contributed by atoms with van der Waals surface area (Å²) < 4.78 is 33.8. The zero-order chi connectivity index (χ0) is 21.6. The molecule has 2 unspecified atom stereocenters. The van der Waals surface area contributed by atoms with Crippen LogP contribution in [0.2, 0.25) is 0 Å². The fourth-order valence-corrected chi connectivity index (χ4v) is 3.67. The quantitative estimate of drug-likeness (QED) is 0.697. The lowest BCUT2D eigenvalue weighted by Crippen LogP contribution is -2.49. The minimum atomic E-state index is -0.875. The monoisotopic (exact) mass is 420 g/mol. The Balaban J connectivity index is 1.66. The van der Waals surface area contributed by atoms with Gasteiger partial charge >= 0.3 is 0 Å². The SMILES string of the molecule is CC1COC2Cn3cc(C(=O)NCc4ccc(F)cc4F)c(=O)c(ON)c3C(=O)N12. The van der Waals surface area contributed by atoms with Crippen LogP contribution in [-0.2, 0) is 17.8 Å². The van der Waals surface area contributed by atoms with Gasteiger partial charge in [-0.05, 0) is 13.0 Å². The number of rotatable bonds is 4. The molecule has 1 saturated heterocycles. The van der Waals surface area contributed by atoms with Crippen LogP contribution in [0.4, 0.5) is 8.78 Å². The molecule has 158 valence electrons. The highest BCUT2D eigenvalue weighted by Crippen LogP contribution is 2.29. The number of amides is 2. The van der Waals surface area contributed by atoms with E-state index < -0.39 is 40.9 Å². The molecule has 2 amide bonds. The third-order valence-electron chi connectivity index (χ3n) is 5.16. The lowest BCUT2D eigenvalue weighted by molar-refractivity contribution is 0.00607. The van der Waals surface area contributed by atoms with Gasteiger partial charge in [-0.15, -0.1) is 0 Å². The first-order valence-corrected chi connectivity index (χ1v) is 9.12. The molecule has 2 atom stereocenters. The van der Waals surface area contributed by atoms with Gasteiger partial charge in [0.15, 0.2) is 11.9 Å². The number of fused-ring (bicyclic) bond motifs is 2. The minimum absolute atomic E-state index is 0.0391. The molecule has 30 heavy (non-hydrogen) atoms. The van der Waals surface area contributed by atoms with Crippen molar-refractivity contribution in [2.75, 3.05) is 6.61 Å². The van der Waals surface area contributed by atoms with Crippen LogP contribution in [0.1, 0.15) is 33.3 Å². The number of ether oxygens (including phenoxy) is 1. The van der Waals surface area contributed by atoms with Gasteiger partial charge in [0.05, 0.1) is 19.2 Å². The van der Waals surface area contributed by atoms with Gasteiger partial charge in [0, 0.05) is 24.4 Å². The summed E-state index contributed by atoms with van der Waals surface area (Å²) in [5, 5.41) is 2.40. The van der Waals surface area contributed by atoms with Crippen LogP contribution in [0.15, 0.2) is 29.2 Å². The van der Waals surface area contributed by atoms with E-state index in [0.717, 1.165) is 6.07 Å². The number of nitrogens with one attached hydrogen (secondary N) is 1. The second-order valence-corrected chi connectivity index (χ2v) is 7.09. The van der Waals surface area contributed by atoms with Gasteiger partial charge < -0.3 is 24.4 Å². The van der Waals surface area contributed by atoms with Gasteiger partial charge in [-0.3, -0.25) is 14.4 Å². The van der Waals surface area contributed by atoms with Crippen molar-refractivity contribution >= 4 is 11.8 Å². The first-order chi connectivity index (χ1) is 14.3. The number of hydrogen-bond donors (Lipinski definition) is 2. The standard InChI is InChI=1S/C19H18F2N4O5/c1-9-8-29-14-7-24-6-12(16(26)17(30-22)15(24)19(28)25(9)14)18(27)23-5-10-2-3-11(20)4-13(10)21/h2-4,6,9,14H,5,7-8,22H2,1H3,(H,23,27). The number of hydrogen-bond acceptors (Lipinski definition) is 6. The molecule has 2 aliphatic heterocycles. The van der Waals surface area contributed by atoms with Crippen LogP contribution in [-0.4, -0.2) is 40.2 Å². The third kappa shape index (κ3) is 3.21. The summed E-state index contributed by atoms with van der Waals surface area (Å²) in [7, 11) is 0. The Kier molecular flexibility index (Phi) is 5.00. The van der Waals surface area contributed by atoms with E-state index in [1.807, 2.05) is 6.92 Å². The molecule has 1 aromatic carbocycles. The fraction of sp³-hybridized carbons (Fsp3) is 0.316. The number of carbonyl (C=O) groups excluding carboxylic acids is 2. The molecule has 1 fully saturated rings. The maximum absolute atomic E-state index is 13.8. The average Bonchev–Trinajstić information content (AvgIpc) is 3.08. The number of aromatic nitrogens is 1. The molecule has 4 rings (SSSR count). The summed E-state index contributed by atoms with van der Waals surface area (Å²) in [4.78, 5) is 44.4. The van der Waals surface area contributed by atoms with Gasteiger partial charge in [-0.1, -0.05) is 6.07 Å². The molecule has 2 aromatic rings. The summed E-state index contributed by atoms with van der Waals surface area (Å²) >= 11 is 0. The molecular formula is C19H18F2N4O5. The number of nitrogens with two attached hydrogens (primary N) is 1. The maximum Gasteiger partial charge on any atom is 0.277 e. The lowest BCUT2D eigenvalue weighted by atomic mass is 10.1. The largest absolute Gasteiger partial charge is 0.405 e. The van der Waals surface area contributed by atoms with Crippen molar-refractivity contribution in [1.29, 1.82) is 0 Å². The number of carbonyl (C=O) groups is 2. The predicted octanol–water partition coefficient (Wildman–Crippen LogP) is 0.510. The van der Waals surface area contributed by atoms with Gasteiger partial charge in [0.25, 0.3) is 11.8 Å². The Bertz CT molecular complexity index is 1100. The molecule has 0 bridgehead atoms. The normalized spacial score (nSPS) is 20.0. The number of benzene rings is 1. The molecule has 0 saturated carbocycles. The molecule has 3 N–H and O–H groups in total. The molecule has 3 heterocycles. The summed E-state index contributed by atoms with van der Waals surface area (Å²) in [5.41, 5.74) is -1.25. The van der Waals surface area contributed by atoms with E-state index in [2.05, 4.69) is 10.2 Å². The smallest absolute Gasteiger partial charge is 0.277 e. The van der Waals surface area contributed by atoms with Crippen LogP contribution >= 0.6 is 0 Å². The fourth-order valence-electron chi connectivity index (χ4n) is 3.67. The second-order valence-electron chi connectivity index (χ2n) is 7.09. The van der Waals surface area contributed by atoms with Crippen LogP contribution in [0.5, 0.6) is 5.75 Å². The second kappa shape index (κ2) is 7.50. The van der Waals surface area contributed by atoms with Crippen molar-refractivity contribution in [3.63, 3.8) is 0 Å². The van der Waals surface area contributed by atoms with Crippen molar-refractivity contribution in [2.45, 2.75) is 32.3 Å². The molecule has 2 aliphatic rings. The van der Waals surface area contributed by atoms with E-state index in [9.17, 15) is 23.2 Å². The maximum atomic E-state index is 13.8. The number of nitrogens with zero attached hydrogens (tertiary/aromatic N) is 2. The third-order valence-corrected chi connectivity index (χ3v) is 5.16. The van der Waals surface area contributed by atoms with E-state index in [4.69, 9.17) is 10.6 Å². The van der Waals surface area contributed by atoms with Gasteiger partial charge in [0.2, 0.25) is 11.2 Å².